The quantitative estimate of drug-likeness (QED) is 0.891. The average molecular weight is 292 g/mol. The van der Waals surface area contributed by atoms with Gasteiger partial charge >= 0.3 is 0 Å². The minimum Gasteiger partial charge on any atom is -0.451 e. The van der Waals surface area contributed by atoms with Crippen LogP contribution in [0.5, 0.6) is 0 Å². The number of amides is 1. The molecule has 0 aliphatic heterocycles. The molecule has 0 radical (unpaired) electrons. The number of fused-ring (bicyclic) bond motifs is 1. The van der Waals surface area contributed by atoms with E-state index in [0.717, 1.165) is 11.8 Å². The van der Waals surface area contributed by atoms with Gasteiger partial charge in [-0.3, -0.25) is 4.79 Å². The summed E-state index contributed by atoms with van der Waals surface area (Å²) in [7, 11) is 0. The second-order valence-corrected chi connectivity index (χ2v) is 6.07. The summed E-state index contributed by atoms with van der Waals surface area (Å²) in [5.41, 5.74) is 0.691. The summed E-state index contributed by atoms with van der Waals surface area (Å²) in [5, 5.41) is 4.60. The summed E-state index contributed by atoms with van der Waals surface area (Å²) in [4.78, 5) is 12.3. The van der Waals surface area contributed by atoms with Gasteiger partial charge in [0, 0.05) is 16.5 Å². The smallest absolute Gasteiger partial charge is 0.287 e. The molecule has 1 amide bonds. The van der Waals surface area contributed by atoms with Gasteiger partial charge in [-0.1, -0.05) is 31.4 Å². The van der Waals surface area contributed by atoms with E-state index in [4.69, 9.17) is 16.0 Å². The Hall–Kier alpha value is -1.48. The van der Waals surface area contributed by atoms with Crippen molar-refractivity contribution < 1.29 is 9.21 Å². The Bertz CT molecular complexity index is 634. The van der Waals surface area contributed by atoms with Gasteiger partial charge in [-0.15, -0.1) is 0 Å². The van der Waals surface area contributed by atoms with Gasteiger partial charge in [0.05, 0.1) is 0 Å². The first-order valence-corrected chi connectivity index (χ1v) is 7.51. The first-order chi connectivity index (χ1) is 9.63. The summed E-state index contributed by atoms with van der Waals surface area (Å²) < 4.78 is 5.59. The van der Waals surface area contributed by atoms with Crippen LogP contribution in [-0.2, 0) is 0 Å². The van der Waals surface area contributed by atoms with Crippen LogP contribution in [0.15, 0.2) is 28.7 Å². The van der Waals surface area contributed by atoms with Gasteiger partial charge in [-0.2, -0.15) is 0 Å². The number of hydrogen-bond acceptors (Lipinski definition) is 2. The van der Waals surface area contributed by atoms with Crippen molar-refractivity contribution in [3.05, 3.63) is 35.0 Å². The largest absolute Gasteiger partial charge is 0.451 e. The van der Waals surface area contributed by atoms with Crippen molar-refractivity contribution >= 4 is 28.5 Å². The van der Waals surface area contributed by atoms with E-state index in [0.29, 0.717) is 22.3 Å². The second-order valence-electron chi connectivity index (χ2n) is 5.63. The van der Waals surface area contributed by atoms with Gasteiger partial charge in [0.2, 0.25) is 0 Å². The Morgan fingerprint density at radius 1 is 1.30 bits per heavy atom. The van der Waals surface area contributed by atoms with Gasteiger partial charge in [0.1, 0.15) is 5.58 Å². The molecule has 1 aromatic heterocycles. The van der Waals surface area contributed by atoms with Gasteiger partial charge in [-0.25, -0.2) is 0 Å². The van der Waals surface area contributed by atoms with Crippen LogP contribution < -0.4 is 5.32 Å². The number of rotatable bonds is 2. The molecule has 1 saturated carbocycles. The lowest BCUT2D eigenvalue weighted by molar-refractivity contribution is 0.0884. The molecule has 0 bridgehead atoms. The van der Waals surface area contributed by atoms with Crippen molar-refractivity contribution in [2.75, 3.05) is 0 Å². The van der Waals surface area contributed by atoms with Gasteiger partial charge < -0.3 is 9.73 Å². The standard InChI is InChI=1S/C16H18ClNO2/c1-10-4-2-3-5-13(10)18-16(19)15-9-11-8-12(17)6-7-14(11)20-15/h6-10,13H,2-5H2,1H3,(H,18,19)/t10-,13-/m0/s1. The lowest BCUT2D eigenvalue weighted by Crippen LogP contribution is -2.40. The average Bonchev–Trinajstić information content (AvgIpc) is 2.84. The van der Waals surface area contributed by atoms with Crippen LogP contribution in [-0.4, -0.2) is 11.9 Å². The Labute approximate surface area is 123 Å². The third-order valence-corrected chi connectivity index (χ3v) is 4.37. The molecule has 1 aliphatic carbocycles. The molecule has 4 heteroatoms. The Kier molecular flexibility index (Phi) is 3.70. The van der Waals surface area contributed by atoms with Crippen LogP contribution in [0.3, 0.4) is 0 Å². The fourth-order valence-electron chi connectivity index (χ4n) is 2.90. The summed E-state index contributed by atoms with van der Waals surface area (Å²) in [5.74, 6) is 0.766. The van der Waals surface area contributed by atoms with Crippen molar-refractivity contribution in [3.63, 3.8) is 0 Å². The van der Waals surface area contributed by atoms with Crippen molar-refractivity contribution in [1.29, 1.82) is 0 Å². The molecule has 2 aromatic rings. The Morgan fingerprint density at radius 3 is 2.90 bits per heavy atom. The fourth-order valence-corrected chi connectivity index (χ4v) is 3.08. The Morgan fingerprint density at radius 2 is 2.10 bits per heavy atom. The zero-order chi connectivity index (χ0) is 14.1. The normalized spacial score (nSPS) is 22.9. The highest BCUT2D eigenvalue weighted by Crippen LogP contribution is 2.26. The first kappa shape index (κ1) is 13.5. The molecule has 1 aliphatic rings. The predicted molar refractivity (Wildman–Crippen MR) is 80.1 cm³/mol. The zero-order valence-corrected chi connectivity index (χ0v) is 12.2. The molecule has 20 heavy (non-hydrogen) atoms. The van der Waals surface area contributed by atoms with Crippen LogP contribution in [0.25, 0.3) is 11.0 Å². The summed E-state index contributed by atoms with van der Waals surface area (Å²) >= 11 is 5.94. The summed E-state index contributed by atoms with van der Waals surface area (Å²) in [6.45, 7) is 2.20. The molecule has 0 spiro atoms. The van der Waals surface area contributed by atoms with Crippen molar-refractivity contribution in [2.45, 2.75) is 38.6 Å². The lowest BCUT2D eigenvalue weighted by Gasteiger charge is -2.29. The molecule has 0 saturated heterocycles. The highest BCUT2D eigenvalue weighted by molar-refractivity contribution is 6.31. The maximum atomic E-state index is 12.3. The maximum Gasteiger partial charge on any atom is 0.287 e. The monoisotopic (exact) mass is 291 g/mol. The van der Waals surface area contributed by atoms with Crippen LogP contribution >= 0.6 is 11.6 Å². The van der Waals surface area contributed by atoms with Gasteiger partial charge in [0.25, 0.3) is 5.91 Å². The number of furan rings is 1. The van der Waals surface area contributed by atoms with Gasteiger partial charge in [-0.05, 0) is 43.0 Å². The van der Waals surface area contributed by atoms with Crippen LogP contribution in [0.4, 0.5) is 0 Å². The van der Waals surface area contributed by atoms with Crippen LogP contribution in [0, 0.1) is 5.92 Å². The molecule has 1 heterocycles. The molecule has 1 fully saturated rings. The van der Waals surface area contributed by atoms with E-state index in [1.54, 1.807) is 24.3 Å². The SMILES string of the molecule is C[C@H]1CCCC[C@@H]1NC(=O)c1cc2cc(Cl)ccc2o1. The van der Waals surface area contributed by atoms with E-state index < -0.39 is 0 Å². The zero-order valence-electron chi connectivity index (χ0n) is 11.5. The minimum absolute atomic E-state index is 0.129. The topological polar surface area (TPSA) is 42.2 Å². The number of benzene rings is 1. The molecular formula is C16H18ClNO2. The third kappa shape index (κ3) is 2.68. The molecule has 0 unspecified atom stereocenters. The van der Waals surface area contributed by atoms with Crippen molar-refractivity contribution in [2.24, 2.45) is 5.92 Å². The number of hydrogen-bond donors (Lipinski definition) is 1. The number of halogens is 1. The molecule has 106 valence electrons. The number of carbonyl (C=O) groups excluding carboxylic acids is 1. The minimum atomic E-state index is -0.129. The van der Waals surface area contributed by atoms with Gasteiger partial charge in [0.15, 0.2) is 5.76 Å². The molecule has 1 aromatic carbocycles. The molecular weight excluding hydrogens is 274 g/mol. The maximum absolute atomic E-state index is 12.3. The second kappa shape index (κ2) is 5.49. The first-order valence-electron chi connectivity index (χ1n) is 7.13. The van der Waals surface area contributed by atoms with E-state index in [1.165, 1.54) is 19.3 Å². The van der Waals surface area contributed by atoms with E-state index in [-0.39, 0.29) is 11.9 Å². The van der Waals surface area contributed by atoms with Crippen molar-refractivity contribution in [1.82, 2.24) is 5.32 Å². The molecule has 3 nitrogen and oxygen atoms in total. The van der Waals surface area contributed by atoms with Crippen LogP contribution in [0.2, 0.25) is 5.02 Å². The third-order valence-electron chi connectivity index (χ3n) is 4.13. The molecule has 1 N–H and O–H groups in total. The number of carbonyl (C=O) groups is 1. The van der Waals surface area contributed by atoms with E-state index in [2.05, 4.69) is 12.2 Å². The molecule has 3 rings (SSSR count). The van der Waals surface area contributed by atoms with E-state index in [1.807, 2.05) is 0 Å². The predicted octanol–water partition coefficient (Wildman–Crippen LogP) is 4.39. The van der Waals surface area contributed by atoms with Crippen LogP contribution in [0.1, 0.15) is 43.2 Å². The van der Waals surface area contributed by atoms with E-state index >= 15 is 0 Å². The number of nitrogens with one attached hydrogen (secondary N) is 1. The molecule has 2 atom stereocenters. The van der Waals surface area contributed by atoms with Crippen molar-refractivity contribution in [3.8, 4) is 0 Å². The van der Waals surface area contributed by atoms with E-state index in [9.17, 15) is 4.79 Å². The highest BCUT2D eigenvalue weighted by Gasteiger charge is 2.24. The summed E-state index contributed by atoms with van der Waals surface area (Å²) in [6.07, 6.45) is 4.68. The fraction of sp³-hybridized carbons (Fsp3) is 0.438. The summed E-state index contributed by atoms with van der Waals surface area (Å²) in [6, 6.07) is 7.37. The lowest BCUT2D eigenvalue weighted by atomic mass is 9.86. The highest BCUT2D eigenvalue weighted by atomic mass is 35.5. The Balaban J connectivity index is 1.78.